The highest BCUT2D eigenvalue weighted by atomic mass is 16.6. The van der Waals surface area contributed by atoms with Crippen molar-refractivity contribution in [3.8, 4) is 0 Å². The minimum Gasteiger partial charge on any atom is -0.480 e. The number of nitrogens with zero attached hydrogens (tertiary/aromatic N) is 1. The van der Waals surface area contributed by atoms with Gasteiger partial charge in [0.05, 0.1) is 0 Å². The van der Waals surface area contributed by atoms with Crippen molar-refractivity contribution < 1.29 is 19.4 Å². The van der Waals surface area contributed by atoms with Gasteiger partial charge in [-0.25, -0.2) is 9.59 Å². The molecule has 1 aliphatic carbocycles. The van der Waals surface area contributed by atoms with Gasteiger partial charge in [-0.2, -0.15) is 0 Å². The van der Waals surface area contributed by atoms with Crippen molar-refractivity contribution in [2.45, 2.75) is 70.9 Å². The molecule has 1 amide bonds. The normalized spacial score (nSPS) is 27.7. The molecule has 0 aromatic carbocycles. The average molecular weight is 297 g/mol. The highest BCUT2D eigenvalue weighted by Gasteiger charge is 2.43. The fourth-order valence-corrected chi connectivity index (χ4v) is 3.57. The first-order valence-electron chi connectivity index (χ1n) is 8.00. The summed E-state index contributed by atoms with van der Waals surface area (Å²) >= 11 is 0. The third kappa shape index (κ3) is 4.11. The number of carboxylic acids is 1. The Bertz CT molecular complexity index is 396. The first-order valence-corrected chi connectivity index (χ1v) is 8.00. The molecule has 0 aromatic rings. The van der Waals surface area contributed by atoms with Crippen LogP contribution in [0.2, 0.25) is 0 Å². The number of carboxylic acid groups (broad SMARTS) is 1. The van der Waals surface area contributed by atoms with Gasteiger partial charge in [0, 0.05) is 6.54 Å². The largest absolute Gasteiger partial charge is 0.480 e. The minimum absolute atomic E-state index is 0.305. The van der Waals surface area contributed by atoms with E-state index in [2.05, 4.69) is 0 Å². The summed E-state index contributed by atoms with van der Waals surface area (Å²) in [5.41, 5.74) is -0.594. The Morgan fingerprint density at radius 2 is 1.71 bits per heavy atom. The number of aliphatic carboxylic acids is 1. The molecule has 1 aliphatic heterocycles. The molecule has 2 aliphatic rings. The Hall–Kier alpha value is -1.26. The highest BCUT2D eigenvalue weighted by molar-refractivity contribution is 5.81. The zero-order valence-corrected chi connectivity index (χ0v) is 13.3. The van der Waals surface area contributed by atoms with Gasteiger partial charge in [-0.15, -0.1) is 0 Å². The number of rotatable bonds is 2. The van der Waals surface area contributed by atoms with Crippen molar-refractivity contribution in [1.82, 2.24) is 4.90 Å². The molecule has 1 N–H and O–H groups in total. The van der Waals surface area contributed by atoms with Gasteiger partial charge in [-0.05, 0) is 39.0 Å². The maximum Gasteiger partial charge on any atom is 0.411 e. The van der Waals surface area contributed by atoms with Crippen LogP contribution in [0, 0.1) is 11.8 Å². The zero-order valence-electron chi connectivity index (χ0n) is 13.3. The van der Waals surface area contributed by atoms with Crippen LogP contribution in [0.15, 0.2) is 0 Å². The average Bonchev–Trinajstić information content (AvgIpc) is 2.83. The Morgan fingerprint density at radius 3 is 2.24 bits per heavy atom. The summed E-state index contributed by atoms with van der Waals surface area (Å²) in [7, 11) is 0. The van der Waals surface area contributed by atoms with Gasteiger partial charge >= 0.3 is 12.1 Å². The number of carbonyl (C=O) groups is 2. The second-order valence-corrected chi connectivity index (χ2v) is 7.38. The molecule has 5 nitrogen and oxygen atoms in total. The van der Waals surface area contributed by atoms with E-state index in [4.69, 9.17) is 4.74 Å². The van der Waals surface area contributed by atoms with Crippen LogP contribution in [-0.4, -0.2) is 40.3 Å². The molecule has 2 fully saturated rings. The van der Waals surface area contributed by atoms with Gasteiger partial charge in [-0.1, -0.05) is 32.1 Å². The molecule has 0 radical (unpaired) electrons. The molecule has 0 bridgehead atoms. The third-order valence-electron chi connectivity index (χ3n) is 4.56. The standard InChI is InChI=1S/C16H27NO4/c1-16(2,3)21-15(20)17-10-12(9-13(17)14(18)19)11-7-5-4-6-8-11/h11-13H,4-10H2,1-3H3,(H,18,19)/t12-,13?/m1/s1. The molecular weight excluding hydrogens is 270 g/mol. The van der Waals surface area contributed by atoms with Gasteiger partial charge < -0.3 is 9.84 Å². The van der Waals surface area contributed by atoms with Crippen LogP contribution in [0.1, 0.15) is 59.3 Å². The van der Waals surface area contributed by atoms with E-state index in [0.717, 1.165) is 0 Å². The SMILES string of the molecule is CC(C)(C)OC(=O)N1C[C@H](C2CCCCC2)CC1C(=O)O. The van der Waals surface area contributed by atoms with Crippen molar-refractivity contribution in [1.29, 1.82) is 0 Å². The maximum absolute atomic E-state index is 12.2. The molecule has 21 heavy (non-hydrogen) atoms. The van der Waals surface area contributed by atoms with E-state index in [0.29, 0.717) is 24.8 Å². The summed E-state index contributed by atoms with van der Waals surface area (Å²) in [6, 6.07) is -0.730. The molecular formula is C16H27NO4. The second kappa shape index (κ2) is 6.24. The number of hydrogen-bond donors (Lipinski definition) is 1. The van der Waals surface area contributed by atoms with Crippen LogP contribution in [-0.2, 0) is 9.53 Å². The summed E-state index contributed by atoms with van der Waals surface area (Å²) in [4.78, 5) is 25.1. The fraction of sp³-hybridized carbons (Fsp3) is 0.875. The van der Waals surface area contributed by atoms with Gasteiger partial charge in [0.25, 0.3) is 0 Å². The molecule has 1 heterocycles. The molecule has 2 atom stereocenters. The van der Waals surface area contributed by atoms with E-state index >= 15 is 0 Å². The monoisotopic (exact) mass is 297 g/mol. The van der Waals surface area contributed by atoms with Crippen LogP contribution in [0.5, 0.6) is 0 Å². The van der Waals surface area contributed by atoms with Gasteiger partial charge in [0.2, 0.25) is 0 Å². The molecule has 1 unspecified atom stereocenters. The maximum atomic E-state index is 12.2. The Labute approximate surface area is 126 Å². The predicted molar refractivity (Wildman–Crippen MR) is 79.0 cm³/mol. The third-order valence-corrected chi connectivity index (χ3v) is 4.56. The van der Waals surface area contributed by atoms with Crippen LogP contribution in [0.25, 0.3) is 0 Å². The van der Waals surface area contributed by atoms with Crippen LogP contribution in [0.4, 0.5) is 4.79 Å². The van der Waals surface area contributed by atoms with Crippen molar-refractivity contribution in [2.75, 3.05) is 6.54 Å². The summed E-state index contributed by atoms with van der Waals surface area (Å²) in [5.74, 6) is -0.0499. The zero-order chi connectivity index (χ0) is 15.6. The molecule has 1 saturated carbocycles. The number of likely N-dealkylation sites (tertiary alicyclic amines) is 1. The first kappa shape index (κ1) is 16.1. The Morgan fingerprint density at radius 1 is 1.10 bits per heavy atom. The van der Waals surface area contributed by atoms with Crippen molar-refractivity contribution in [2.24, 2.45) is 11.8 Å². The van der Waals surface area contributed by atoms with Crippen LogP contribution in [0.3, 0.4) is 0 Å². The van der Waals surface area contributed by atoms with Crippen molar-refractivity contribution in [3.63, 3.8) is 0 Å². The van der Waals surface area contributed by atoms with Gasteiger partial charge in [-0.3, -0.25) is 4.90 Å². The second-order valence-electron chi connectivity index (χ2n) is 7.38. The summed E-state index contributed by atoms with van der Waals surface area (Å²) < 4.78 is 5.36. The lowest BCUT2D eigenvalue weighted by Gasteiger charge is -2.28. The van der Waals surface area contributed by atoms with Crippen LogP contribution >= 0.6 is 0 Å². The lowest BCUT2D eigenvalue weighted by molar-refractivity contribution is -0.142. The smallest absolute Gasteiger partial charge is 0.411 e. The minimum atomic E-state index is -0.917. The predicted octanol–water partition coefficient (Wildman–Crippen LogP) is 3.28. The van der Waals surface area contributed by atoms with E-state index in [-0.39, 0.29) is 0 Å². The Kier molecular flexibility index (Phi) is 4.79. The summed E-state index contributed by atoms with van der Waals surface area (Å²) in [5, 5.41) is 9.40. The lowest BCUT2D eigenvalue weighted by atomic mass is 9.79. The number of carbonyl (C=O) groups excluding carboxylic acids is 1. The summed E-state index contributed by atoms with van der Waals surface area (Å²) in [6.45, 7) is 5.93. The highest BCUT2D eigenvalue weighted by Crippen LogP contribution is 2.38. The molecule has 0 aromatic heterocycles. The van der Waals surface area contributed by atoms with Gasteiger partial charge in [0.15, 0.2) is 0 Å². The molecule has 120 valence electrons. The molecule has 0 spiro atoms. The number of amides is 1. The molecule has 2 rings (SSSR count). The number of ether oxygens (including phenoxy) is 1. The summed E-state index contributed by atoms with van der Waals surface area (Å²) in [6.07, 6.45) is 6.14. The van der Waals surface area contributed by atoms with Crippen LogP contribution < -0.4 is 0 Å². The fourth-order valence-electron chi connectivity index (χ4n) is 3.57. The van der Waals surface area contributed by atoms with Crippen molar-refractivity contribution in [3.05, 3.63) is 0 Å². The first-order chi connectivity index (χ1) is 9.78. The molecule has 5 heteroatoms. The quantitative estimate of drug-likeness (QED) is 0.849. The van der Waals surface area contributed by atoms with E-state index in [1.54, 1.807) is 20.8 Å². The Balaban J connectivity index is 2.04. The lowest BCUT2D eigenvalue weighted by Crippen LogP contribution is -2.43. The topological polar surface area (TPSA) is 66.8 Å². The van der Waals surface area contributed by atoms with E-state index < -0.39 is 23.7 Å². The molecule has 1 saturated heterocycles. The van der Waals surface area contributed by atoms with E-state index in [1.807, 2.05) is 0 Å². The number of hydrogen-bond acceptors (Lipinski definition) is 3. The van der Waals surface area contributed by atoms with Crippen molar-refractivity contribution >= 4 is 12.1 Å². The van der Waals surface area contributed by atoms with E-state index in [1.165, 1.54) is 37.0 Å². The van der Waals surface area contributed by atoms with E-state index in [9.17, 15) is 14.7 Å². The van der Waals surface area contributed by atoms with Gasteiger partial charge in [0.1, 0.15) is 11.6 Å².